The molecule has 3 fully saturated rings. The summed E-state index contributed by atoms with van der Waals surface area (Å²) in [5.41, 5.74) is 0. The zero-order valence-corrected chi connectivity index (χ0v) is 10.8. The molecule has 2 aliphatic carbocycles. The minimum atomic E-state index is 0.728. The topological polar surface area (TPSA) is 33.3 Å². The van der Waals surface area contributed by atoms with E-state index < -0.39 is 0 Å². The van der Waals surface area contributed by atoms with Crippen LogP contribution in [0.2, 0.25) is 0 Å². The van der Waals surface area contributed by atoms with Crippen molar-refractivity contribution in [3.63, 3.8) is 0 Å². The van der Waals surface area contributed by atoms with Crippen LogP contribution in [0.3, 0.4) is 0 Å². The van der Waals surface area contributed by atoms with E-state index in [1.54, 1.807) is 0 Å². The Morgan fingerprint density at radius 3 is 3.00 bits per heavy atom. The van der Waals surface area contributed by atoms with Crippen LogP contribution >= 0.6 is 0 Å². The Labute approximate surface area is 105 Å². The number of fused-ring (bicyclic) bond motifs is 1. The van der Waals surface area contributed by atoms with E-state index in [1.807, 2.05) is 0 Å². The lowest BCUT2D eigenvalue weighted by atomic mass is 9.94. The van der Waals surface area contributed by atoms with Gasteiger partial charge < -0.3 is 15.4 Å². The Hall–Kier alpha value is -0.120. The number of hydrogen-bond acceptors (Lipinski definition) is 3. The number of rotatable bonds is 7. The van der Waals surface area contributed by atoms with Crippen LogP contribution in [0.15, 0.2) is 0 Å². The van der Waals surface area contributed by atoms with Crippen LogP contribution < -0.4 is 10.6 Å². The van der Waals surface area contributed by atoms with Crippen LogP contribution in [-0.4, -0.2) is 38.9 Å². The smallest absolute Gasteiger partial charge is 0.0591 e. The predicted octanol–water partition coefficient (Wildman–Crippen LogP) is 1.39. The van der Waals surface area contributed by atoms with Crippen molar-refractivity contribution in [3.05, 3.63) is 0 Å². The molecule has 0 amide bonds. The number of nitrogens with one attached hydrogen (secondary N) is 2. The molecule has 3 unspecified atom stereocenters. The average Bonchev–Trinajstić information content (AvgIpc) is 2.89. The molecule has 0 aromatic rings. The van der Waals surface area contributed by atoms with Gasteiger partial charge in [0.2, 0.25) is 0 Å². The summed E-state index contributed by atoms with van der Waals surface area (Å²) in [5, 5.41) is 7.22. The van der Waals surface area contributed by atoms with Crippen molar-refractivity contribution < 1.29 is 4.74 Å². The second-order valence-corrected chi connectivity index (χ2v) is 6.09. The summed E-state index contributed by atoms with van der Waals surface area (Å²) in [6, 6.07) is 0.728. The number of ether oxygens (including phenoxy) is 1. The first-order valence-corrected chi connectivity index (χ1v) is 7.45. The van der Waals surface area contributed by atoms with Gasteiger partial charge in [0.1, 0.15) is 0 Å². The maximum absolute atomic E-state index is 5.63. The van der Waals surface area contributed by atoms with E-state index in [2.05, 4.69) is 10.6 Å². The van der Waals surface area contributed by atoms with E-state index in [-0.39, 0.29) is 0 Å². The maximum atomic E-state index is 5.63. The van der Waals surface area contributed by atoms with Gasteiger partial charge in [0, 0.05) is 25.7 Å². The van der Waals surface area contributed by atoms with Crippen molar-refractivity contribution in [2.24, 2.45) is 17.8 Å². The molecule has 0 aromatic heterocycles. The standard InChI is InChI=1S/C14H26N2O/c1-2-12-8-16-14(13(12)3-1)9-15-6-7-17-10-11-4-5-11/h11-16H,1-10H2. The molecule has 0 radical (unpaired) electrons. The van der Waals surface area contributed by atoms with Gasteiger partial charge in [-0.2, -0.15) is 0 Å². The van der Waals surface area contributed by atoms with Crippen molar-refractivity contribution in [1.82, 2.24) is 10.6 Å². The molecule has 0 bridgehead atoms. The first-order valence-electron chi connectivity index (χ1n) is 7.45. The molecule has 1 saturated heterocycles. The largest absolute Gasteiger partial charge is 0.380 e. The highest BCUT2D eigenvalue weighted by molar-refractivity contribution is 4.94. The molecule has 0 aromatic carbocycles. The van der Waals surface area contributed by atoms with Crippen LogP contribution in [0, 0.1) is 17.8 Å². The monoisotopic (exact) mass is 238 g/mol. The fourth-order valence-corrected chi connectivity index (χ4v) is 3.46. The third-order valence-electron chi connectivity index (χ3n) is 4.71. The van der Waals surface area contributed by atoms with Gasteiger partial charge in [-0.25, -0.2) is 0 Å². The summed E-state index contributed by atoms with van der Waals surface area (Å²) in [5.74, 6) is 2.83. The first kappa shape index (κ1) is 11.9. The van der Waals surface area contributed by atoms with E-state index in [9.17, 15) is 0 Å². The van der Waals surface area contributed by atoms with Gasteiger partial charge in [0.25, 0.3) is 0 Å². The predicted molar refractivity (Wildman–Crippen MR) is 69.0 cm³/mol. The van der Waals surface area contributed by atoms with E-state index in [0.29, 0.717) is 0 Å². The van der Waals surface area contributed by atoms with Gasteiger partial charge in [-0.05, 0) is 50.0 Å². The summed E-state index contributed by atoms with van der Waals surface area (Å²) in [6.45, 7) is 5.29. The first-order chi connectivity index (χ1) is 8.43. The quantitative estimate of drug-likeness (QED) is 0.658. The second-order valence-electron chi connectivity index (χ2n) is 6.09. The molecule has 3 rings (SSSR count). The van der Waals surface area contributed by atoms with Crippen molar-refractivity contribution in [3.8, 4) is 0 Å². The molecular weight excluding hydrogens is 212 g/mol. The van der Waals surface area contributed by atoms with E-state index in [1.165, 1.54) is 38.6 Å². The molecule has 17 heavy (non-hydrogen) atoms. The van der Waals surface area contributed by atoms with Crippen LogP contribution in [0.4, 0.5) is 0 Å². The van der Waals surface area contributed by atoms with E-state index >= 15 is 0 Å². The van der Waals surface area contributed by atoms with Crippen LogP contribution in [-0.2, 0) is 4.74 Å². The second kappa shape index (κ2) is 5.68. The minimum absolute atomic E-state index is 0.728. The highest BCUT2D eigenvalue weighted by Gasteiger charge is 2.38. The van der Waals surface area contributed by atoms with Crippen LogP contribution in [0.1, 0.15) is 32.1 Å². The molecule has 3 atom stereocenters. The highest BCUT2D eigenvalue weighted by atomic mass is 16.5. The van der Waals surface area contributed by atoms with Crippen LogP contribution in [0.25, 0.3) is 0 Å². The fourth-order valence-electron chi connectivity index (χ4n) is 3.46. The van der Waals surface area contributed by atoms with Gasteiger partial charge in [-0.15, -0.1) is 0 Å². The molecule has 1 aliphatic heterocycles. The van der Waals surface area contributed by atoms with Gasteiger partial charge in [-0.1, -0.05) is 6.42 Å². The van der Waals surface area contributed by atoms with Gasteiger partial charge in [0.15, 0.2) is 0 Å². The zero-order valence-electron chi connectivity index (χ0n) is 10.8. The summed E-state index contributed by atoms with van der Waals surface area (Å²) >= 11 is 0. The Kier molecular flexibility index (Phi) is 3.99. The third-order valence-corrected chi connectivity index (χ3v) is 4.71. The third kappa shape index (κ3) is 3.21. The Balaban J connectivity index is 1.24. The summed E-state index contributed by atoms with van der Waals surface area (Å²) < 4.78 is 5.63. The van der Waals surface area contributed by atoms with Crippen molar-refractivity contribution in [2.45, 2.75) is 38.1 Å². The zero-order chi connectivity index (χ0) is 11.5. The number of hydrogen-bond donors (Lipinski definition) is 2. The molecular formula is C14H26N2O. The molecule has 3 nitrogen and oxygen atoms in total. The lowest BCUT2D eigenvalue weighted by Crippen LogP contribution is -2.39. The SMILES string of the molecule is C1CC2CNC(CNCCOCC3CC3)C2C1. The van der Waals surface area contributed by atoms with Crippen molar-refractivity contribution in [2.75, 3.05) is 32.8 Å². The van der Waals surface area contributed by atoms with Crippen LogP contribution in [0.5, 0.6) is 0 Å². The van der Waals surface area contributed by atoms with E-state index in [4.69, 9.17) is 4.74 Å². The molecule has 1 heterocycles. The molecule has 0 spiro atoms. The maximum Gasteiger partial charge on any atom is 0.0591 e. The average molecular weight is 238 g/mol. The van der Waals surface area contributed by atoms with Gasteiger partial charge >= 0.3 is 0 Å². The van der Waals surface area contributed by atoms with Gasteiger partial charge in [0.05, 0.1) is 6.61 Å². The Morgan fingerprint density at radius 1 is 1.18 bits per heavy atom. The molecule has 2 saturated carbocycles. The highest BCUT2D eigenvalue weighted by Crippen LogP contribution is 2.37. The molecule has 98 valence electrons. The molecule has 3 aliphatic rings. The Bertz CT molecular complexity index is 242. The molecule has 3 heteroatoms. The van der Waals surface area contributed by atoms with E-state index in [0.717, 1.165) is 50.1 Å². The summed E-state index contributed by atoms with van der Waals surface area (Å²) in [7, 11) is 0. The minimum Gasteiger partial charge on any atom is -0.380 e. The normalized spacial score (nSPS) is 36.4. The van der Waals surface area contributed by atoms with Crippen molar-refractivity contribution in [1.29, 1.82) is 0 Å². The summed E-state index contributed by atoms with van der Waals surface area (Å²) in [6.07, 6.45) is 7.14. The van der Waals surface area contributed by atoms with Gasteiger partial charge in [-0.3, -0.25) is 0 Å². The summed E-state index contributed by atoms with van der Waals surface area (Å²) in [4.78, 5) is 0. The lowest BCUT2D eigenvalue weighted by Gasteiger charge is -2.18. The fraction of sp³-hybridized carbons (Fsp3) is 1.00. The lowest BCUT2D eigenvalue weighted by molar-refractivity contribution is 0.125. The van der Waals surface area contributed by atoms with Crippen molar-refractivity contribution >= 4 is 0 Å². The molecule has 2 N–H and O–H groups in total. The Morgan fingerprint density at radius 2 is 2.12 bits per heavy atom.